The van der Waals surface area contributed by atoms with Crippen molar-refractivity contribution in [1.82, 2.24) is 0 Å². The summed E-state index contributed by atoms with van der Waals surface area (Å²) in [4.78, 5) is 10.9. The van der Waals surface area contributed by atoms with Crippen LogP contribution in [0.1, 0.15) is 47.9 Å². The van der Waals surface area contributed by atoms with Gasteiger partial charge in [-0.05, 0) is 59.6 Å². The van der Waals surface area contributed by atoms with Crippen LogP contribution in [-0.4, -0.2) is 11.1 Å². The Morgan fingerprint density at radius 2 is 1.95 bits per heavy atom. The first kappa shape index (κ1) is 14.8. The van der Waals surface area contributed by atoms with E-state index in [-0.39, 0.29) is 6.42 Å². The van der Waals surface area contributed by atoms with E-state index in [0.29, 0.717) is 5.92 Å². The fraction of sp³-hybridized carbons (Fsp3) is 0.316. The van der Waals surface area contributed by atoms with Gasteiger partial charge < -0.3 is 10.8 Å². The molecule has 0 saturated heterocycles. The van der Waals surface area contributed by atoms with Gasteiger partial charge >= 0.3 is 5.97 Å². The summed E-state index contributed by atoms with van der Waals surface area (Å²) in [6.07, 6.45) is 2.43. The molecule has 2 aromatic carbocycles. The lowest BCUT2D eigenvalue weighted by molar-refractivity contribution is -0.137. The Kier molecular flexibility index (Phi) is 3.99. The van der Waals surface area contributed by atoms with E-state index in [4.69, 9.17) is 10.8 Å². The molecule has 3 nitrogen and oxygen atoms in total. The van der Waals surface area contributed by atoms with Crippen molar-refractivity contribution in [1.29, 1.82) is 0 Å². The second-order valence-electron chi connectivity index (χ2n) is 6.14. The number of hydrogen-bond acceptors (Lipinski definition) is 2. The van der Waals surface area contributed by atoms with Gasteiger partial charge in [-0.25, -0.2) is 0 Å². The molecule has 3 rings (SSSR count). The van der Waals surface area contributed by atoms with Gasteiger partial charge in [0.1, 0.15) is 0 Å². The van der Waals surface area contributed by atoms with Crippen molar-refractivity contribution in [2.24, 2.45) is 5.73 Å². The summed E-state index contributed by atoms with van der Waals surface area (Å²) in [6, 6.07) is 14.1. The van der Waals surface area contributed by atoms with Crippen LogP contribution in [0, 0.1) is 6.92 Å². The summed E-state index contributed by atoms with van der Waals surface area (Å²) >= 11 is 0. The number of carboxylic acids is 1. The SMILES string of the molecule is Cc1ccccc1-c1cc(C(N)CC(=O)O)ccc1C1CC1. The van der Waals surface area contributed by atoms with Crippen molar-refractivity contribution in [3.05, 3.63) is 59.2 Å². The average Bonchev–Trinajstić information content (AvgIpc) is 3.31. The first-order valence-electron chi connectivity index (χ1n) is 7.73. The van der Waals surface area contributed by atoms with Crippen molar-refractivity contribution in [3.8, 4) is 11.1 Å². The highest BCUT2D eigenvalue weighted by atomic mass is 16.4. The molecule has 0 radical (unpaired) electrons. The Balaban J connectivity index is 2.05. The number of aliphatic carboxylic acids is 1. The third-order valence-corrected chi connectivity index (χ3v) is 4.35. The molecule has 0 aliphatic heterocycles. The van der Waals surface area contributed by atoms with Crippen molar-refractivity contribution in [3.63, 3.8) is 0 Å². The van der Waals surface area contributed by atoms with Gasteiger partial charge in [-0.2, -0.15) is 0 Å². The number of benzene rings is 2. The van der Waals surface area contributed by atoms with Crippen molar-refractivity contribution >= 4 is 5.97 Å². The lowest BCUT2D eigenvalue weighted by Gasteiger charge is -2.16. The lowest BCUT2D eigenvalue weighted by atomic mass is 9.90. The van der Waals surface area contributed by atoms with E-state index in [9.17, 15) is 4.79 Å². The lowest BCUT2D eigenvalue weighted by Crippen LogP contribution is -2.15. The molecule has 0 aromatic heterocycles. The zero-order chi connectivity index (χ0) is 15.7. The summed E-state index contributed by atoms with van der Waals surface area (Å²) in [7, 11) is 0. The van der Waals surface area contributed by atoms with E-state index in [0.717, 1.165) is 5.56 Å². The van der Waals surface area contributed by atoms with Gasteiger partial charge in [-0.3, -0.25) is 4.79 Å². The molecule has 0 bridgehead atoms. The highest BCUT2D eigenvalue weighted by molar-refractivity contribution is 5.73. The van der Waals surface area contributed by atoms with Crippen LogP contribution >= 0.6 is 0 Å². The molecule has 22 heavy (non-hydrogen) atoms. The molecule has 0 amide bonds. The number of carbonyl (C=O) groups is 1. The Labute approximate surface area is 130 Å². The molecule has 2 aromatic rings. The zero-order valence-corrected chi connectivity index (χ0v) is 12.8. The molecule has 3 heteroatoms. The van der Waals surface area contributed by atoms with Gasteiger partial charge in [-0.1, -0.05) is 36.4 Å². The Bertz CT molecular complexity index is 704. The van der Waals surface area contributed by atoms with Crippen LogP contribution in [0.4, 0.5) is 0 Å². The molecule has 1 atom stereocenters. The van der Waals surface area contributed by atoms with E-state index < -0.39 is 12.0 Å². The second kappa shape index (κ2) is 5.93. The van der Waals surface area contributed by atoms with Crippen LogP contribution in [0.2, 0.25) is 0 Å². The normalized spacial score (nSPS) is 15.5. The smallest absolute Gasteiger partial charge is 0.305 e. The average molecular weight is 295 g/mol. The third-order valence-electron chi connectivity index (χ3n) is 4.35. The molecule has 114 valence electrons. The number of carboxylic acid groups (broad SMARTS) is 1. The first-order valence-corrected chi connectivity index (χ1v) is 7.73. The van der Waals surface area contributed by atoms with E-state index >= 15 is 0 Å². The van der Waals surface area contributed by atoms with Gasteiger partial charge in [0.2, 0.25) is 0 Å². The quantitative estimate of drug-likeness (QED) is 0.876. The minimum atomic E-state index is -0.865. The zero-order valence-electron chi connectivity index (χ0n) is 12.8. The minimum Gasteiger partial charge on any atom is -0.481 e. The van der Waals surface area contributed by atoms with E-state index in [2.05, 4.69) is 31.2 Å². The van der Waals surface area contributed by atoms with Crippen molar-refractivity contribution in [2.45, 2.75) is 38.1 Å². The van der Waals surface area contributed by atoms with Crippen LogP contribution in [0.3, 0.4) is 0 Å². The van der Waals surface area contributed by atoms with Gasteiger partial charge in [0.15, 0.2) is 0 Å². The molecule has 1 aliphatic rings. The Morgan fingerprint density at radius 3 is 2.59 bits per heavy atom. The molecule has 1 saturated carbocycles. The maximum atomic E-state index is 10.9. The van der Waals surface area contributed by atoms with Crippen LogP contribution < -0.4 is 5.73 Å². The highest BCUT2D eigenvalue weighted by Crippen LogP contribution is 2.45. The standard InChI is InChI=1S/C19H21NO2/c1-12-4-2-3-5-15(12)17-10-14(18(20)11-19(21)22)8-9-16(17)13-6-7-13/h2-5,8-10,13,18H,6-7,11,20H2,1H3,(H,21,22). The molecule has 1 unspecified atom stereocenters. The van der Waals surface area contributed by atoms with E-state index in [1.807, 2.05) is 18.2 Å². The molecule has 1 aliphatic carbocycles. The van der Waals surface area contributed by atoms with Gasteiger partial charge in [-0.15, -0.1) is 0 Å². The molecular weight excluding hydrogens is 274 g/mol. The minimum absolute atomic E-state index is 0.0456. The molecule has 0 spiro atoms. The van der Waals surface area contributed by atoms with Gasteiger partial charge in [0, 0.05) is 6.04 Å². The number of aryl methyl sites for hydroxylation is 1. The largest absolute Gasteiger partial charge is 0.481 e. The fourth-order valence-corrected chi connectivity index (χ4v) is 2.97. The van der Waals surface area contributed by atoms with E-state index in [1.54, 1.807) is 0 Å². The van der Waals surface area contributed by atoms with E-state index in [1.165, 1.54) is 35.1 Å². The molecular formula is C19H21NO2. The van der Waals surface area contributed by atoms with Crippen molar-refractivity contribution < 1.29 is 9.90 Å². The summed E-state index contributed by atoms with van der Waals surface area (Å²) in [5.41, 5.74) is 12.0. The van der Waals surface area contributed by atoms with Crippen LogP contribution in [0.15, 0.2) is 42.5 Å². The molecule has 0 heterocycles. The molecule has 3 N–H and O–H groups in total. The fourth-order valence-electron chi connectivity index (χ4n) is 2.97. The number of hydrogen-bond donors (Lipinski definition) is 2. The Morgan fingerprint density at radius 1 is 1.23 bits per heavy atom. The maximum absolute atomic E-state index is 10.9. The highest BCUT2D eigenvalue weighted by Gasteiger charge is 2.27. The maximum Gasteiger partial charge on any atom is 0.305 e. The monoisotopic (exact) mass is 295 g/mol. The topological polar surface area (TPSA) is 63.3 Å². The first-order chi connectivity index (χ1) is 10.6. The predicted octanol–water partition coefficient (Wildman–Crippen LogP) is 4.01. The van der Waals surface area contributed by atoms with Gasteiger partial charge in [0.25, 0.3) is 0 Å². The van der Waals surface area contributed by atoms with Crippen molar-refractivity contribution in [2.75, 3.05) is 0 Å². The summed E-state index contributed by atoms with van der Waals surface area (Å²) in [5, 5.41) is 8.95. The number of nitrogens with two attached hydrogens (primary N) is 1. The second-order valence-corrected chi connectivity index (χ2v) is 6.14. The predicted molar refractivity (Wildman–Crippen MR) is 87.8 cm³/mol. The van der Waals surface area contributed by atoms with Crippen LogP contribution in [-0.2, 0) is 4.79 Å². The summed E-state index contributed by atoms with van der Waals surface area (Å²) in [6.45, 7) is 2.11. The van der Waals surface area contributed by atoms with Gasteiger partial charge in [0.05, 0.1) is 6.42 Å². The third kappa shape index (κ3) is 3.04. The van der Waals surface area contributed by atoms with Crippen LogP contribution in [0.25, 0.3) is 11.1 Å². The summed E-state index contributed by atoms with van der Waals surface area (Å²) in [5.74, 6) is -0.226. The summed E-state index contributed by atoms with van der Waals surface area (Å²) < 4.78 is 0. The Hall–Kier alpha value is -2.13. The number of rotatable bonds is 5. The molecule has 1 fully saturated rings. The van der Waals surface area contributed by atoms with Crippen LogP contribution in [0.5, 0.6) is 0 Å².